The van der Waals surface area contributed by atoms with Crippen LogP contribution in [0.5, 0.6) is 5.75 Å². The lowest BCUT2D eigenvalue weighted by molar-refractivity contribution is 0.170. The van der Waals surface area contributed by atoms with E-state index in [9.17, 15) is 0 Å². The highest BCUT2D eigenvalue weighted by Gasteiger charge is 2.18. The molecule has 2 heteroatoms. The highest BCUT2D eigenvalue weighted by Crippen LogP contribution is 2.26. The van der Waals surface area contributed by atoms with Gasteiger partial charge in [-0.2, -0.15) is 0 Å². The molecule has 0 aromatic heterocycles. The van der Waals surface area contributed by atoms with Crippen molar-refractivity contribution in [1.82, 2.24) is 5.32 Å². The van der Waals surface area contributed by atoms with Crippen LogP contribution >= 0.6 is 0 Å². The van der Waals surface area contributed by atoms with Gasteiger partial charge >= 0.3 is 0 Å². The van der Waals surface area contributed by atoms with E-state index in [1.807, 2.05) is 6.07 Å². The number of nitrogens with one attached hydrogen (secondary N) is 1. The Labute approximate surface area is 149 Å². The Hall–Kier alpha value is -2.58. The normalized spacial score (nSPS) is 16.1. The second-order valence-corrected chi connectivity index (χ2v) is 6.58. The standard InChI is InChI=1S/C23H23NO/c1-2-8-19(9-3-1)21-11-6-7-18(15-21)16-24-17-22-14-13-20-10-4-5-12-23(20)25-22/h1-12,15,22,24H,13-14,16-17H2. The van der Waals surface area contributed by atoms with E-state index >= 15 is 0 Å². The van der Waals surface area contributed by atoms with Crippen LogP contribution in [0.4, 0.5) is 0 Å². The number of para-hydroxylation sites is 1. The molecule has 0 aliphatic carbocycles. The maximum absolute atomic E-state index is 6.10. The zero-order chi connectivity index (χ0) is 16.9. The number of rotatable bonds is 5. The van der Waals surface area contributed by atoms with Gasteiger partial charge < -0.3 is 10.1 Å². The van der Waals surface area contributed by atoms with Crippen molar-refractivity contribution in [2.45, 2.75) is 25.5 Å². The Morgan fingerprint density at radius 3 is 2.56 bits per heavy atom. The van der Waals surface area contributed by atoms with Gasteiger partial charge in [0.2, 0.25) is 0 Å². The molecule has 1 aliphatic rings. The van der Waals surface area contributed by atoms with Gasteiger partial charge in [-0.05, 0) is 47.2 Å². The minimum atomic E-state index is 0.257. The van der Waals surface area contributed by atoms with Gasteiger partial charge in [-0.15, -0.1) is 0 Å². The average Bonchev–Trinajstić information content (AvgIpc) is 2.69. The number of aryl methyl sites for hydroxylation is 1. The molecule has 0 saturated heterocycles. The maximum Gasteiger partial charge on any atom is 0.122 e. The van der Waals surface area contributed by atoms with E-state index in [-0.39, 0.29) is 6.10 Å². The summed E-state index contributed by atoms with van der Waals surface area (Å²) >= 11 is 0. The van der Waals surface area contributed by atoms with Gasteiger partial charge in [-0.3, -0.25) is 0 Å². The molecule has 0 fully saturated rings. The highest BCUT2D eigenvalue weighted by atomic mass is 16.5. The predicted octanol–water partition coefficient (Wildman–Crippen LogP) is 4.84. The summed E-state index contributed by atoms with van der Waals surface area (Å²) in [5.41, 5.74) is 5.16. The minimum absolute atomic E-state index is 0.257. The molecule has 0 saturated carbocycles. The largest absolute Gasteiger partial charge is 0.489 e. The van der Waals surface area contributed by atoms with E-state index in [1.54, 1.807) is 0 Å². The van der Waals surface area contributed by atoms with Gasteiger partial charge in [0.25, 0.3) is 0 Å². The molecule has 1 heterocycles. The van der Waals surface area contributed by atoms with E-state index in [0.29, 0.717) is 0 Å². The summed E-state index contributed by atoms with van der Waals surface area (Å²) in [6.07, 6.45) is 2.44. The van der Waals surface area contributed by atoms with E-state index < -0.39 is 0 Å². The van der Waals surface area contributed by atoms with Crippen molar-refractivity contribution in [3.8, 4) is 16.9 Å². The van der Waals surface area contributed by atoms with Crippen molar-refractivity contribution in [1.29, 1.82) is 0 Å². The lowest BCUT2D eigenvalue weighted by Gasteiger charge is -2.26. The molecule has 0 bridgehead atoms. The van der Waals surface area contributed by atoms with Gasteiger partial charge in [0.1, 0.15) is 11.9 Å². The molecular formula is C23H23NO. The van der Waals surface area contributed by atoms with Gasteiger partial charge in [0.15, 0.2) is 0 Å². The summed E-state index contributed by atoms with van der Waals surface area (Å²) in [6, 6.07) is 27.6. The van der Waals surface area contributed by atoms with Crippen LogP contribution < -0.4 is 10.1 Å². The van der Waals surface area contributed by atoms with Crippen molar-refractivity contribution in [3.63, 3.8) is 0 Å². The molecule has 1 unspecified atom stereocenters. The molecule has 1 atom stereocenters. The quantitative estimate of drug-likeness (QED) is 0.723. The Morgan fingerprint density at radius 1 is 0.840 bits per heavy atom. The number of hydrogen-bond donors (Lipinski definition) is 1. The molecule has 126 valence electrons. The molecular weight excluding hydrogens is 306 g/mol. The molecule has 1 aliphatic heterocycles. The van der Waals surface area contributed by atoms with E-state index in [0.717, 1.165) is 31.7 Å². The summed E-state index contributed by atoms with van der Waals surface area (Å²) in [6.45, 7) is 1.74. The minimum Gasteiger partial charge on any atom is -0.489 e. The monoisotopic (exact) mass is 329 g/mol. The van der Waals surface area contributed by atoms with E-state index in [1.165, 1.54) is 22.3 Å². The van der Waals surface area contributed by atoms with Crippen LogP contribution in [0.15, 0.2) is 78.9 Å². The molecule has 3 aromatic rings. The summed E-state index contributed by atoms with van der Waals surface area (Å²) in [5, 5.41) is 3.56. The van der Waals surface area contributed by atoms with E-state index in [4.69, 9.17) is 4.74 Å². The number of ether oxygens (including phenoxy) is 1. The van der Waals surface area contributed by atoms with Crippen LogP contribution in [0.1, 0.15) is 17.5 Å². The van der Waals surface area contributed by atoms with Crippen LogP contribution in [-0.4, -0.2) is 12.6 Å². The summed E-state index contributed by atoms with van der Waals surface area (Å²) in [5.74, 6) is 1.05. The topological polar surface area (TPSA) is 21.3 Å². The van der Waals surface area contributed by atoms with Gasteiger partial charge in [-0.1, -0.05) is 66.7 Å². The van der Waals surface area contributed by atoms with Crippen molar-refractivity contribution in [2.24, 2.45) is 0 Å². The molecule has 0 amide bonds. The second-order valence-electron chi connectivity index (χ2n) is 6.58. The first kappa shape index (κ1) is 15.9. The third kappa shape index (κ3) is 3.92. The smallest absolute Gasteiger partial charge is 0.122 e. The van der Waals surface area contributed by atoms with E-state index in [2.05, 4.69) is 78.1 Å². The Balaban J connectivity index is 1.34. The second kappa shape index (κ2) is 7.54. The highest BCUT2D eigenvalue weighted by molar-refractivity contribution is 5.63. The molecule has 1 N–H and O–H groups in total. The first-order valence-electron chi connectivity index (χ1n) is 8.98. The number of fused-ring (bicyclic) bond motifs is 1. The third-order valence-electron chi connectivity index (χ3n) is 4.74. The van der Waals surface area contributed by atoms with Crippen LogP contribution in [-0.2, 0) is 13.0 Å². The fourth-order valence-corrected chi connectivity index (χ4v) is 3.39. The summed E-state index contributed by atoms with van der Waals surface area (Å²) < 4.78 is 6.10. The Bertz CT molecular complexity index is 828. The van der Waals surface area contributed by atoms with Crippen molar-refractivity contribution in [2.75, 3.05) is 6.54 Å². The third-order valence-corrected chi connectivity index (χ3v) is 4.74. The molecule has 0 spiro atoms. The zero-order valence-corrected chi connectivity index (χ0v) is 14.3. The Kier molecular flexibility index (Phi) is 4.80. The van der Waals surface area contributed by atoms with Gasteiger partial charge in [0.05, 0.1) is 0 Å². The first-order valence-corrected chi connectivity index (χ1v) is 8.98. The van der Waals surface area contributed by atoms with Crippen molar-refractivity contribution >= 4 is 0 Å². The molecule has 3 aromatic carbocycles. The summed E-state index contributed by atoms with van der Waals surface area (Å²) in [7, 11) is 0. The fourth-order valence-electron chi connectivity index (χ4n) is 3.39. The van der Waals surface area contributed by atoms with Crippen LogP contribution in [0, 0.1) is 0 Å². The van der Waals surface area contributed by atoms with Crippen LogP contribution in [0.25, 0.3) is 11.1 Å². The van der Waals surface area contributed by atoms with Crippen LogP contribution in [0.2, 0.25) is 0 Å². The van der Waals surface area contributed by atoms with Crippen LogP contribution in [0.3, 0.4) is 0 Å². The molecule has 25 heavy (non-hydrogen) atoms. The van der Waals surface area contributed by atoms with Gasteiger partial charge in [-0.25, -0.2) is 0 Å². The maximum atomic E-state index is 6.10. The summed E-state index contributed by atoms with van der Waals surface area (Å²) in [4.78, 5) is 0. The predicted molar refractivity (Wildman–Crippen MR) is 103 cm³/mol. The molecule has 0 radical (unpaired) electrons. The Morgan fingerprint density at radius 2 is 1.64 bits per heavy atom. The molecule has 4 rings (SSSR count). The molecule has 2 nitrogen and oxygen atoms in total. The zero-order valence-electron chi connectivity index (χ0n) is 14.3. The number of hydrogen-bond acceptors (Lipinski definition) is 2. The van der Waals surface area contributed by atoms with Crippen molar-refractivity contribution in [3.05, 3.63) is 90.0 Å². The van der Waals surface area contributed by atoms with Crippen molar-refractivity contribution < 1.29 is 4.74 Å². The lowest BCUT2D eigenvalue weighted by atomic mass is 10.0. The SMILES string of the molecule is c1ccc(-c2cccc(CNCC3CCc4ccccc4O3)c2)cc1. The van der Waals surface area contributed by atoms with Gasteiger partial charge in [0, 0.05) is 13.1 Å². The first-order chi connectivity index (χ1) is 12.4. The average molecular weight is 329 g/mol. The lowest BCUT2D eigenvalue weighted by Crippen LogP contribution is -2.33. The number of benzene rings is 3. The fraction of sp³-hybridized carbons (Fsp3) is 0.217.